The lowest BCUT2D eigenvalue weighted by Gasteiger charge is -2.49. The molecule has 8 heteroatoms. The summed E-state index contributed by atoms with van der Waals surface area (Å²) in [4.78, 5) is 4.33. The number of pyridine rings is 1. The monoisotopic (exact) mass is 579 g/mol. The fraction of sp³-hybridized carbons (Fsp3) is 0.162. The second kappa shape index (κ2) is 11.9. The summed E-state index contributed by atoms with van der Waals surface area (Å²) in [6.45, 7) is 0. The van der Waals surface area contributed by atoms with Crippen LogP contribution in [0.2, 0.25) is 0 Å². The van der Waals surface area contributed by atoms with E-state index in [1.807, 2.05) is 84.9 Å². The highest BCUT2D eigenvalue weighted by molar-refractivity contribution is 6.04. The summed E-state index contributed by atoms with van der Waals surface area (Å²) >= 11 is 0. The van der Waals surface area contributed by atoms with Gasteiger partial charge in [0.1, 0.15) is 58.7 Å². The van der Waals surface area contributed by atoms with Gasteiger partial charge in [0.2, 0.25) is 5.71 Å². The highest BCUT2D eigenvalue weighted by Gasteiger charge is 2.47. The van der Waals surface area contributed by atoms with Crippen molar-refractivity contribution >= 4 is 22.1 Å². The molecule has 8 nitrogen and oxygen atoms in total. The fourth-order valence-corrected chi connectivity index (χ4v) is 6.94. The van der Waals surface area contributed by atoms with Crippen LogP contribution >= 0.6 is 0 Å². The van der Waals surface area contributed by atoms with Gasteiger partial charge in [-0.05, 0) is 101 Å². The molecule has 4 atom stereocenters. The molecular weight excluding hydrogens is 558 g/mol. The summed E-state index contributed by atoms with van der Waals surface area (Å²) in [6.07, 6.45) is 7.88. The summed E-state index contributed by atoms with van der Waals surface area (Å²) < 4.78 is 6.02. The van der Waals surface area contributed by atoms with E-state index in [1.165, 1.54) is 6.08 Å². The third-order valence-electron chi connectivity index (χ3n) is 8.77. The quantitative estimate of drug-likeness (QED) is 0.218. The molecule has 3 aliphatic rings. The van der Waals surface area contributed by atoms with E-state index >= 15 is 0 Å². The lowest BCUT2D eigenvalue weighted by molar-refractivity contribution is 0.201. The molecule has 2 bridgehead atoms. The standard InChI is InChI=1S/C37H21N7O/c38-16-22(17-39)11-32-28-8-9-30(33(32)12-23(18-40)19-41)36(34(28)13-24(20-42)21-43)27-4-1-3-25(14-27)26-6-7-29-31-5-2-10-44-37(31)45-35(29)15-26/h1-7,10-15,28,30,34,36H,8-9H2. The van der Waals surface area contributed by atoms with Crippen molar-refractivity contribution in [1.29, 1.82) is 31.6 Å². The lowest BCUT2D eigenvalue weighted by Crippen LogP contribution is -2.39. The molecule has 2 aromatic carbocycles. The van der Waals surface area contributed by atoms with Gasteiger partial charge in [-0.2, -0.15) is 31.6 Å². The molecular formula is C37H21N7O. The summed E-state index contributed by atoms with van der Waals surface area (Å²) in [5.41, 5.74) is 5.34. The number of hydrogen-bond donors (Lipinski definition) is 0. The van der Waals surface area contributed by atoms with E-state index < -0.39 is 0 Å². The summed E-state index contributed by atoms with van der Waals surface area (Å²) in [5, 5.41) is 59.6. The first-order valence-electron chi connectivity index (χ1n) is 14.2. The SMILES string of the molecule is N#CC(C#N)=CC1=C(C=C(C#N)C#N)C2CCC1C(C=C(C#N)C#N)C2c1cccc(-c2ccc3c(c2)oc2ncccc23)c1. The van der Waals surface area contributed by atoms with Gasteiger partial charge in [-0.1, -0.05) is 36.4 Å². The van der Waals surface area contributed by atoms with Gasteiger partial charge in [-0.3, -0.25) is 0 Å². The van der Waals surface area contributed by atoms with Crippen molar-refractivity contribution in [2.45, 2.75) is 18.8 Å². The van der Waals surface area contributed by atoms with Crippen molar-refractivity contribution < 1.29 is 4.42 Å². The minimum Gasteiger partial charge on any atom is -0.438 e. The Bertz CT molecular complexity index is 2230. The minimum absolute atomic E-state index is 0.0198. The summed E-state index contributed by atoms with van der Waals surface area (Å²) in [6, 6.07) is 29.6. The summed E-state index contributed by atoms with van der Waals surface area (Å²) in [7, 11) is 0. The molecule has 1 fully saturated rings. The highest BCUT2D eigenvalue weighted by Crippen LogP contribution is 2.57. The molecule has 0 amide bonds. The molecule has 45 heavy (non-hydrogen) atoms. The molecule has 4 aromatic rings. The van der Waals surface area contributed by atoms with Gasteiger partial charge in [0.15, 0.2) is 0 Å². The van der Waals surface area contributed by atoms with Crippen LogP contribution in [0.25, 0.3) is 33.2 Å². The largest absolute Gasteiger partial charge is 0.438 e. The van der Waals surface area contributed by atoms with Gasteiger partial charge >= 0.3 is 0 Å². The van der Waals surface area contributed by atoms with Crippen LogP contribution in [0.5, 0.6) is 0 Å². The van der Waals surface area contributed by atoms with Gasteiger partial charge in [0.05, 0.1) is 0 Å². The number of furan rings is 1. The maximum Gasteiger partial charge on any atom is 0.227 e. The van der Waals surface area contributed by atoms with Crippen LogP contribution in [0, 0.1) is 85.7 Å². The van der Waals surface area contributed by atoms with E-state index in [-0.39, 0.29) is 40.4 Å². The van der Waals surface area contributed by atoms with Gasteiger partial charge in [0, 0.05) is 17.0 Å². The number of fused-ring (bicyclic) bond motifs is 5. The van der Waals surface area contributed by atoms with Crippen molar-refractivity contribution in [3.05, 3.63) is 112 Å². The zero-order valence-electron chi connectivity index (χ0n) is 23.8. The van der Waals surface area contributed by atoms with Crippen LogP contribution in [0.4, 0.5) is 0 Å². The smallest absolute Gasteiger partial charge is 0.227 e. The topological polar surface area (TPSA) is 169 Å². The minimum atomic E-state index is -0.313. The number of nitrogens with zero attached hydrogens (tertiary/aromatic N) is 7. The van der Waals surface area contributed by atoms with Crippen LogP contribution in [0.15, 0.2) is 111 Å². The van der Waals surface area contributed by atoms with Crippen LogP contribution in [-0.2, 0) is 0 Å². The van der Waals surface area contributed by atoms with E-state index in [0.717, 1.165) is 45.0 Å². The first-order valence-corrected chi connectivity index (χ1v) is 14.2. The first kappa shape index (κ1) is 28.4. The Morgan fingerprint density at radius 3 is 2.02 bits per heavy atom. The molecule has 1 saturated carbocycles. The van der Waals surface area contributed by atoms with E-state index in [1.54, 1.807) is 18.3 Å². The Labute approximate surface area is 259 Å². The number of hydrogen-bond acceptors (Lipinski definition) is 8. The number of allylic oxidation sites excluding steroid dienone is 8. The molecule has 0 saturated heterocycles. The van der Waals surface area contributed by atoms with E-state index in [9.17, 15) is 31.6 Å². The zero-order valence-corrected chi connectivity index (χ0v) is 23.8. The highest BCUT2D eigenvalue weighted by atomic mass is 16.3. The average molecular weight is 580 g/mol. The van der Waals surface area contributed by atoms with Crippen molar-refractivity contribution in [3.63, 3.8) is 0 Å². The Morgan fingerprint density at radius 1 is 0.689 bits per heavy atom. The molecule has 3 aliphatic carbocycles. The molecule has 2 heterocycles. The first-order chi connectivity index (χ1) is 22.0. The van der Waals surface area contributed by atoms with E-state index in [0.29, 0.717) is 17.7 Å². The second-order valence-electron chi connectivity index (χ2n) is 11.0. The molecule has 0 N–H and O–H groups in total. The number of nitriles is 6. The predicted molar refractivity (Wildman–Crippen MR) is 164 cm³/mol. The second-order valence-corrected chi connectivity index (χ2v) is 11.0. The lowest BCUT2D eigenvalue weighted by atomic mass is 9.54. The molecule has 7 rings (SSSR count). The molecule has 2 aromatic heterocycles. The van der Waals surface area contributed by atoms with Crippen LogP contribution < -0.4 is 0 Å². The zero-order chi connectivity index (χ0) is 31.5. The Morgan fingerprint density at radius 2 is 1.33 bits per heavy atom. The van der Waals surface area contributed by atoms with Crippen LogP contribution in [0.1, 0.15) is 24.3 Å². The van der Waals surface area contributed by atoms with Gasteiger partial charge < -0.3 is 4.42 Å². The number of rotatable bonds is 5. The Kier molecular flexibility index (Phi) is 7.50. The van der Waals surface area contributed by atoms with Crippen LogP contribution in [-0.4, -0.2) is 4.98 Å². The van der Waals surface area contributed by atoms with Gasteiger partial charge in [0.25, 0.3) is 0 Å². The maximum atomic E-state index is 9.69. The molecule has 4 unspecified atom stereocenters. The molecule has 0 radical (unpaired) electrons. The fourth-order valence-electron chi connectivity index (χ4n) is 6.94. The van der Waals surface area contributed by atoms with Crippen molar-refractivity contribution in [2.24, 2.45) is 17.8 Å². The molecule has 0 spiro atoms. The van der Waals surface area contributed by atoms with E-state index in [4.69, 9.17) is 4.42 Å². The van der Waals surface area contributed by atoms with Crippen molar-refractivity contribution in [2.75, 3.05) is 0 Å². The van der Waals surface area contributed by atoms with Crippen LogP contribution in [0.3, 0.4) is 0 Å². The molecule has 210 valence electrons. The van der Waals surface area contributed by atoms with Crippen molar-refractivity contribution in [3.8, 4) is 47.5 Å². The normalized spacial score (nSPS) is 19.6. The average Bonchev–Trinajstić information content (AvgIpc) is 3.47. The van der Waals surface area contributed by atoms with Gasteiger partial charge in [-0.25, -0.2) is 4.98 Å². The third kappa shape index (κ3) is 5.01. The van der Waals surface area contributed by atoms with E-state index in [2.05, 4.69) is 11.1 Å². The number of aromatic nitrogens is 1. The number of benzene rings is 2. The maximum absolute atomic E-state index is 9.69. The predicted octanol–water partition coefficient (Wildman–Crippen LogP) is 7.60. The third-order valence-corrected chi connectivity index (χ3v) is 8.77. The Balaban J connectivity index is 1.53. The summed E-state index contributed by atoms with van der Waals surface area (Å²) in [5.74, 6) is -1.00. The van der Waals surface area contributed by atoms with Crippen molar-refractivity contribution in [1.82, 2.24) is 4.98 Å². The Hall–Kier alpha value is -6.71. The molecule has 0 aliphatic heterocycles. The van der Waals surface area contributed by atoms with Gasteiger partial charge in [-0.15, -0.1) is 0 Å².